The van der Waals surface area contributed by atoms with Crippen molar-refractivity contribution in [3.8, 4) is 0 Å². The van der Waals surface area contributed by atoms with Gasteiger partial charge in [-0.25, -0.2) is 5.43 Å². The standard InChI is InChI=1S/C12H11N5O4/c18-11(5-9-6-12(19)16-14-9)15-13-7-8-3-1-2-4-10(8)17(20)21/h1-4,6-7H,5H2,(H,15,18)(H2,14,16,19)/b13-7+. The van der Waals surface area contributed by atoms with E-state index in [4.69, 9.17) is 0 Å². The normalized spacial score (nSPS) is 10.7. The van der Waals surface area contributed by atoms with Gasteiger partial charge in [-0.1, -0.05) is 12.1 Å². The lowest BCUT2D eigenvalue weighted by Gasteiger charge is -1.98. The van der Waals surface area contributed by atoms with Gasteiger partial charge in [0.2, 0.25) is 5.91 Å². The minimum absolute atomic E-state index is 0.0625. The number of amides is 1. The Morgan fingerprint density at radius 1 is 1.38 bits per heavy atom. The van der Waals surface area contributed by atoms with Crippen LogP contribution in [0.3, 0.4) is 0 Å². The zero-order valence-electron chi connectivity index (χ0n) is 10.7. The number of nitrogens with one attached hydrogen (secondary N) is 3. The number of hydrazone groups is 1. The lowest BCUT2D eigenvalue weighted by molar-refractivity contribution is -0.385. The molecular weight excluding hydrogens is 278 g/mol. The van der Waals surface area contributed by atoms with Crippen LogP contribution in [0.25, 0.3) is 0 Å². The molecule has 0 aliphatic rings. The number of H-pyrrole nitrogens is 2. The second kappa shape index (κ2) is 6.28. The first-order chi connectivity index (χ1) is 10.1. The molecule has 0 atom stereocenters. The van der Waals surface area contributed by atoms with E-state index in [1.165, 1.54) is 30.5 Å². The summed E-state index contributed by atoms with van der Waals surface area (Å²) in [7, 11) is 0. The van der Waals surface area contributed by atoms with Gasteiger partial charge < -0.3 is 5.10 Å². The topological polar surface area (TPSA) is 133 Å². The smallest absolute Gasteiger partial charge is 0.278 e. The lowest BCUT2D eigenvalue weighted by atomic mass is 10.2. The molecule has 0 spiro atoms. The number of rotatable bonds is 5. The van der Waals surface area contributed by atoms with Gasteiger partial charge in [-0.05, 0) is 6.07 Å². The fourth-order valence-corrected chi connectivity index (χ4v) is 1.62. The molecule has 3 N–H and O–H groups in total. The maximum absolute atomic E-state index is 11.5. The van der Waals surface area contributed by atoms with Crippen LogP contribution in [0.5, 0.6) is 0 Å². The molecule has 21 heavy (non-hydrogen) atoms. The van der Waals surface area contributed by atoms with E-state index in [1.54, 1.807) is 6.07 Å². The molecule has 0 aliphatic heterocycles. The predicted octanol–water partition coefficient (Wildman–Crippen LogP) is 0.304. The Kier molecular flexibility index (Phi) is 4.24. The van der Waals surface area contributed by atoms with Crippen LogP contribution in [0.4, 0.5) is 5.69 Å². The molecule has 9 heteroatoms. The average Bonchev–Trinajstić information content (AvgIpc) is 2.84. The molecule has 0 bridgehead atoms. The number of benzene rings is 1. The summed E-state index contributed by atoms with van der Waals surface area (Å²) in [6, 6.07) is 7.27. The van der Waals surface area contributed by atoms with E-state index in [2.05, 4.69) is 20.7 Å². The summed E-state index contributed by atoms with van der Waals surface area (Å²) in [5, 5.41) is 19.3. The highest BCUT2D eigenvalue weighted by molar-refractivity contribution is 5.86. The zero-order valence-corrected chi connectivity index (χ0v) is 10.7. The summed E-state index contributed by atoms with van der Waals surface area (Å²) in [6.45, 7) is 0. The summed E-state index contributed by atoms with van der Waals surface area (Å²) < 4.78 is 0. The Morgan fingerprint density at radius 3 is 2.81 bits per heavy atom. The van der Waals surface area contributed by atoms with Gasteiger partial charge in [-0.15, -0.1) is 0 Å². The van der Waals surface area contributed by atoms with Crippen LogP contribution in [0.1, 0.15) is 11.3 Å². The van der Waals surface area contributed by atoms with E-state index in [-0.39, 0.29) is 23.2 Å². The monoisotopic (exact) mass is 289 g/mol. The molecule has 0 radical (unpaired) electrons. The second-order valence-corrected chi connectivity index (χ2v) is 4.07. The molecule has 0 fully saturated rings. The summed E-state index contributed by atoms with van der Waals surface area (Å²) in [5.74, 6) is -0.458. The maximum atomic E-state index is 11.5. The molecule has 0 saturated heterocycles. The maximum Gasteiger partial charge on any atom is 0.278 e. The molecule has 1 aromatic heterocycles. The third kappa shape index (κ3) is 3.86. The average molecular weight is 289 g/mol. The second-order valence-electron chi connectivity index (χ2n) is 4.07. The number of aromatic nitrogens is 2. The Hall–Kier alpha value is -3.23. The molecule has 9 nitrogen and oxygen atoms in total. The molecule has 1 aromatic carbocycles. The van der Waals surface area contributed by atoms with Gasteiger partial charge in [0, 0.05) is 17.8 Å². The number of para-hydroxylation sites is 1. The molecular formula is C12H11N5O4. The fourth-order valence-electron chi connectivity index (χ4n) is 1.62. The number of carbonyl (C=O) groups is 1. The number of carbonyl (C=O) groups excluding carboxylic acids is 1. The van der Waals surface area contributed by atoms with Gasteiger partial charge in [0.15, 0.2) is 0 Å². The van der Waals surface area contributed by atoms with Crippen molar-refractivity contribution in [1.82, 2.24) is 15.6 Å². The van der Waals surface area contributed by atoms with E-state index >= 15 is 0 Å². The van der Waals surface area contributed by atoms with Crippen molar-refractivity contribution in [2.45, 2.75) is 6.42 Å². The number of hydrogen-bond donors (Lipinski definition) is 3. The number of nitro benzene ring substituents is 1. The van der Waals surface area contributed by atoms with Gasteiger partial charge in [-0.2, -0.15) is 5.10 Å². The third-order valence-electron chi connectivity index (χ3n) is 2.53. The Labute approximate surface area is 117 Å². The van der Waals surface area contributed by atoms with Gasteiger partial charge in [0.1, 0.15) is 0 Å². The van der Waals surface area contributed by atoms with Gasteiger partial charge in [0.05, 0.1) is 23.1 Å². The van der Waals surface area contributed by atoms with Gasteiger partial charge in [-0.3, -0.25) is 24.8 Å². The summed E-state index contributed by atoms with van der Waals surface area (Å²) >= 11 is 0. The first-order valence-corrected chi connectivity index (χ1v) is 5.88. The highest BCUT2D eigenvalue weighted by atomic mass is 16.6. The van der Waals surface area contributed by atoms with Crippen molar-refractivity contribution >= 4 is 17.8 Å². The minimum atomic E-state index is -0.534. The molecule has 0 saturated carbocycles. The number of nitro groups is 1. The Morgan fingerprint density at radius 2 is 2.14 bits per heavy atom. The summed E-state index contributed by atoms with van der Waals surface area (Å²) in [4.78, 5) is 32.6. The molecule has 0 aliphatic carbocycles. The quantitative estimate of drug-likeness (QED) is 0.414. The minimum Gasteiger partial charge on any atom is -0.302 e. The van der Waals surface area contributed by atoms with Crippen LogP contribution >= 0.6 is 0 Å². The van der Waals surface area contributed by atoms with Crippen molar-refractivity contribution in [1.29, 1.82) is 0 Å². The van der Waals surface area contributed by atoms with Crippen LogP contribution in [0.15, 0.2) is 40.2 Å². The molecule has 2 rings (SSSR count). The van der Waals surface area contributed by atoms with Crippen molar-refractivity contribution in [3.63, 3.8) is 0 Å². The molecule has 108 valence electrons. The van der Waals surface area contributed by atoms with E-state index in [0.29, 0.717) is 5.69 Å². The predicted molar refractivity (Wildman–Crippen MR) is 74.0 cm³/mol. The van der Waals surface area contributed by atoms with Crippen LogP contribution in [0.2, 0.25) is 0 Å². The highest BCUT2D eigenvalue weighted by Crippen LogP contribution is 2.14. The Bertz CT molecular complexity index is 746. The fraction of sp³-hybridized carbons (Fsp3) is 0.0833. The summed E-state index contributed by atoms with van der Waals surface area (Å²) in [6.07, 6.45) is 1.13. The van der Waals surface area contributed by atoms with E-state index in [0.717, 1.165) is 0 Å². The van der Waals surface area contributed by atoms with Gasteiger partial charge in [0.25, 0.3) is 11.2 Å². The number of nitrogens with zero attached hydrogens (tertiary/aromatic N) is 2. The molecule has 1 heterocycles. The van der Waals surface area contributed by atoms with Crippen LogP contribution in [-0.2, 0) is 11.2 Å². The van der Waals surface area contributed by atoms with Crippen LogP contribution < -0.4 is 11.0 Å². The first kappa shape index (κ1) is 14.2. The molecule has 1 amide bonds. The van der Waals surface area contributed by atoms with Crippen molar-refractivity contribution < 1.29 is 9.72 Å². The largest absolute Gasteiger partial charge is 0.302 e. The zero-order chi connectivity index (χ0) is 15.2. The van der Waals surface area contributed by atoms with E-state index in [9.17, 15) is 19.7 Å². The highest BCUT2D eigenvalue weighted by Gasteiger charge is 2.10. The van der Waals surface area contributed by atoms with E-state index in [1.807, 2.05) is 0 Å². The van der Waals surface area contributed by atoms with Crippen LogP contribution in [0, 0.1) is 10.1 Å². The van der Waals surface area contributed by atoms with Crippen molar-refractivity contribution in [3.05, 3.63) is 62.1 Å². The third-order valence-corrected chi connectivity index (χ3v) is 2.53. The lowest BCUT2D eigenvalue weighted by Crippen LogP contribution is -2.20. The SMILES string of the molecule is O=C(Cc1cc(=O)[nH][nH]1)N/N=C/c1ccccc1[N+](=O)[O-]. The Balaban J connectivity index is 1.98. The van der Waals surface area contributed by atoms with Crippen LogP contribution in [-0.4, -0.2) is 27.2 Å². The molecule has 0 unspecified atom stereocenters. The van der Waals surface area contributed by atoms with E-state index < -0.39 is 10.8 Å². The number of aromatic amines is 2. The van der Waals surface area contributed by atoms with Crippen molar-refractivity contribution in [2.75, 3.05) is 0 Å². The first-order valence-electron chi connectivity index (χ1n) is 5.88. The van der Waals surface area contributed by atoms with Crippen molar-refractivity contribution in [2.24, 2.45) is 5.10 Å². The van der Waals surface area contributed by atoms with Gasteiger partial charge >= 0.3 is 0 Å². The number of hydrogen-bond acceptors (Lipinski definition) is 5. The molecule has 2 aromatic rings. The summed E-state index contributed by atoms with van der Waals surface area (Å²) in [5.41, 5.74) is 2.48.